The predicted molar refractivity (Wildman–Crippen MR) is 131 cm³/mol. The van der Waals surface area contributed by atoms with Crippen LogP contribution in [0.25, 0.3) is 0 Å². The molecule has 2 fully saturated rings. The second-order valence-electron chi connectivity index (χ2n) is 9.68. The lowest BCUT2D eigenvalue weighted by Crippen LogP contribution is -2.42. The Bertz CT molecular complexity index is 972. The van der Waals surface area contributed by atoms with Crippen LogP contribution in [0, 0.1) is 5.92 Å². The van der Waals surface area contributed by atoms with E-state index < -0.39 is 0 Å². The van der Waals surface area contributed by atoms with Gasteiger partial charge in [0.05, 0.1) is 12.3 Å². The Morgan fingerprint density at radius 3 is 2.60 bits per heavy atom. The molecule has 4 rings (SSSR count). The third-order valence-corrected chi connectivity index (χ3v) is 6.96. The van der Waals surface area contributed by atoms with Crippen LogP contribution in [0.5, 0.6) is 5.75 Å². The molecule has 1 aromatic carbocycles. The van der Waals surface area contributed by atoms with Crippen molar-refractivity contribution in [1.82, 2.24) is 15.3 Å². The van der Waals surface area contributed by atoms with Crippen LogP contribution in [0.1, 0.15) is 77.2 Å². The van der Waals surface area contributed by atoms with E-state index in [1.54, 1.807) is 6.07 Å². The SMILES string of the molecule is CC(=O)NOc1ccc2c(c1)CN1C(=N2)N(CCCCCCOC(C)=O)C(=O)C1C1CCCCC1. The molecule has 2 heterocycles. The summed E-state index contributed by atoms with van der Waals surface area (Å²) in [5.74, 6) is 1.29. The number of rotatable bonds is 10. The molecule has 1 aromatic rings. The Labute approximate surface area is 206 Å². The Kier molecular flexibility index (Phi) is 8.25. The van der Waals surface area contributed by atoms with E-state index in [1.165, 1.54) is 33.1 Å². The molecule has 1 N–H and O–H groups in total. The van der Waals surface area contributed by atoms with E-state index in [2.05, 4.69) is 10.4 Å². The summed E-state index contributed by atoms with van der Waals surface area (Å²) in [5, 5.41) is 0. The first-order chi connectivity index (χ1) is 16.9. The van der Waals surface area contributed by atoms with Crippen molar-refractivity contribution in [3.05, 3.63) is 23.8 Å². The molecule has 0 radical (unpaired) electrons. The molecule has 0 aromatic heterocycles. The Balaban J connectivity index is 1.47. The molecule has 1 saturated heterocycles. The molecule has 9 heteroatoms. The topological polar surface area (TPSA) is 101 Å². The summed E-state index contributed by atoms with van der Waals surface area (Å²) in [6, 6.07) is 5.37. The van der Waals surface area contributed by atoms with Crippen LogP contribution in [0.15, 0.2) is 23.2 Å². The number of ether oxygens (including phenoxy) is 1. The van der Waals surface area contributed by atoms with E-state index in [-0.39, 0.29) is 23.8 Å². The second kappa shape index (κ2) is 11.6. The third-order valence-electron chi connectivity index (χ3n) is 6.96. The highest BCUT2D eigenvalue weighted by atomic mass is 16.7. The van der Waals surface area contributed by atoms with Gasteiger partial charge in [-0.25, -0.2) is 4.99 Å². The van der Waals surface area contributed by atoms with Gasteiger partial charge in [0.25, 0.3) is 5.91 Å². The molecule has 2 amide bonds. The number of fused-ring (bicyclic) bond motifs is 2. The molecule has 190 valence electrons. The number of hydrogen-bond donors (Lipinski definition) is 1. The molecule has 35 heavy (non-hydrogen) atoms. The van der Waals surface area contributed by atoms with Crippen molar-refractivity contribution in [2.24, 2.45) is 10.9 Å². The number of carbonyl (C=O) groups excluding carboxylic acids is 3. The zero-order valence-electron chi connectivity index (χ0n) is 20.8. The molecule has 3 aliphatic rings. The summed E-state index contributed by atoms with van der Waals surface area (Å²) in [6.45, 7) is 4.51. The van der Waals surface area contributed by atoms with Gasteiger partial charge in [-0.05, 0) is 56.2 Å². The average molecular weight is 485 g/mol. The fourth-order valence-electron chi connectivity index (χ4n) is 5.31. The van der Waals surface area contributed by atoms with E-state index in [0.29, 0.717) is 31.4 Å². The average Bonchev–Trinajstić information content (AvgIpc) is 3.11. The normalized spacial score (nSPS) is 19.7. The number of nitrogens with one attached hydrogen (secondary N) is 1. The molecule has 2 aliphatic heterocycles. The third kappa shape index (κ3) is 6.13. The summed E-state index contributed by atoms with van der Waals surface area (Å²) in [5.41, 5.74) is 4.17. The van der Waals surface area contributed by atoms with Crippen molar-refractivity contribution in [1.29, 1.82) is 0 Å². The first-order valence-electron chi connectivity index (χ1n) is 12.8. The van der Waals surface area contributed by atoms with E-state index in [0.717, 1.165) is 55.7 Å². The molecule has 9 nitrogen and oxygen atoms in total. The van der Waals surface area contributed by atoms with E-state index in [9.17, 15) is 14.4 Å². The number of guanidine groups is 1. The quantitative estimate of drug-likeness (QED) is 0.308. The lowest BCUT2D eigenvalue weighted by molar-refractivity contribution is -0.141. The summed E-state index contributed by atoms with van der Waals surface area (Å²) in [6.07, 6.45) is 9.36. The summed E-state index contributed by atoms with van der Waals surface area (Å²) in [4.78, 5) is 50.1. The monoisotopic (exact) mass is 484 g/mol. The molecule has 1 saturated carbocycles. The zero-order chi connectivity index (χ0) is 24.8. The van der Waals surface area contributed by atoms with Gasteiger partial charge < -0.3 is 14.5 Å². The summed E-state index contributed by atoms with van der Waals surface area (Å²) < 4.78 is 5.00. The van der Waals surface area contributed by atoms with Gasteiger partial charge in [-0.3, -0.25) is 19.3 Å². The highest BCUT2D eigenvalue weighted by Gasteiger charge is 2.48. The largest absolute Gasteiger partial charge is 0.466 e. The highest BCUT2D eigenvalue weighted by Crippen LogP contribution is 2.39. The smallest absolute Gasteiger partial charge is 0.302 e. The Hall–Kier alpha value is -3.10. The standard InChI is InChI=1S/C26H36N4O5/c1-18(31)28-35-22-12-13-23-21(16-22)17-30-24(20-10-6-5-7-11-20)25(33)29(26(30)27-23)14-8-3-4-9-15-34-19(2)32/h12-13,16,20,24H,3-11,14-15,17H2,1-2H3,(H,28,31). The van der Waals surface area contributed by atoms with E-state index in [1.807, 2.05) is 17.0 Å². The van der Waals surface area contributed by atoms with Gasteiger partial charge in [-0.1, -0.05) is 25.7 Å². The van der Waals surface area contributed by atoms with Gasteiger partial charge in [0.1, 0.15) is 6.04 Å². The van der Waals surface area contributed by atoms with Crippen LogP contribution < -0.4 is 10.3 Å². The van der Waals surface area contributed by atoms with Gasteiger partial charge in [0.2, 0.25) is 11.9 Å². The van der Waals surface area contributed by atoms with Crippen LogP contribution in [-0.2, 0) is 25.7 Å². The lowest BCUT2D eigenvalue weighted by Gasteiger charge is -2.34. The molecular weight excluding hydrogens is 448 g/mol. The van der Waals surface area contributed by atoms with Crippen molar-refractivity contribution in [3.63, 3.8) is 0 Å². The van der Waals surface area contributed by atoms with Crippen LogP contribution in [0.4, 0.5) is 5.69 Å². The maximum absolute atomic E-state index is 13.7. The van der Waals surface area contributed by atoms with Crippen molar-refractivity contribution < 1.29 is 24.0 Å². The highest BCUT2D eigenvalue weighted by molar-refractivity contribution is 6.08. The fraction of sp³-hybridized carbons (Fsp3) is 0.615. The number of nitrogens with zero attached hydrogens (tertiary/aromatic N) is 3. The number of aliphatic imine (C=N–C) groups is 1. The summed E-state index contributed by atoms with van der Waals surface area (Å²) in [7, 11) is 0. The summed E-state index contributed by atoms with van der Waals surface area (Å²) >= 11 is 0. The number of amides is 2. The van der Waals surface area contributed by atoms with E-state index >= 15 is 0 Å². The van der Waals surface area contributed by atoms with Crippen molar-refractivity contribution >= 4 is 29.4 Å². The number of hydrogen-bond acceptors (Lipinski definition) is 7. The minimum atomic E-state index is -0.271. The number of hydroxylamine groups is 1. The zero-order valence-corrected chi connectivity index (χ0v) is 20.8. The van der Waals surface area contributed by atoms with Gasteiger partial charge in [-0.15, -0.1) is 0 Å². The van der Waals surface area contributed by atoms with Gasteiger partial charge >= 0.3 is 5.97 Å². The van der Waals surface area contributed by atoms with Crippen molar-refractivity contribution in [2.45, 2.75) is 84.2 Å². The molecule has 1 atom stereocenters. The van der Waals surface area contributed by atoms with E-state index in [4.69, 9.17) is 14.6 Å². The predicted octanol–water partition coefficient (Wildman–Crippen LogP) is 3.83. The first kappa shape index (κ1) is 25.0. The maximum Gasteiger partial charge on any atom is 0.302 e. The molecular formula is C26H36N4O5. The number of esters is 1. The Morgan fingerprint density at radius 1 is 1.09 bits per heavy atom. The van der Waals surface area contributed by atoms with Crippen LogP contribution in [0.3, 0.4) is 0 Å². The number of benzene rings is 1. The number of unbranched alkanes of at least 4 members (excludes halogenated alkanes) is 3. The van der Waals surface area contributed by atoms with Gasteiger partial charge in [-0.2, -0.15) is 5.48 Å². The Morgan fingerprint density at radius 2 is 1.86 bits per heavy atom. The first-order valence-corrected chi connectivity index (χ1v) is 12.8. The minimum Gasteiger partial charge on any atom is -0.466 e. The number of carbonyl (C=O) groups is 3. The van der Waals surface area contributed by atoms with Crippen molar-refractivity contribution in [2.75, 3.05) is 13.2 Å². The second-order valence-corrected chi connectivity index (χ2v) is 9.68. The van der Waals surface area contributed by atoms with Crippen LogP contribution in [0.2, 0.25) is 0 Å². The maximum atomic E-state index is 13.7. The molecule has 1 aliphatic carbocycles. The fourth-order valence-corrected chi connectivity index (χ4v) is 5.31. The van der Waals surface area contributed by atoms with Gasteiger partial charge in [0.15, 0.2) is 5.75 Å². The minimum absolute atomic E-state index is 0.165. The lowest BCUT2D eigenvalue weighted by atomic mass is 9.83. The van der Waals surface area contributed by atoms with Crippen LogP contribution >= 0.6 is 0 Å². The van der Waals surface area contributed by atoms with Crippen LogP contribution in [-0.4, -0.2) is 52.7 Å². The van der Waals surface area contributed by atoms with Gasteiger partial charge in [0, 0.05) is 32.5 Å². The molecule has 0 spiro atoms. The molecule has 1 unspecified atom stereocenters. The van der Waals surface area contributed by atoms with Crippen molar-refractivity contribution in [3.8, 4) is 5.75 Å². The molecule has 0 bridgehead atoms.